The lowest BCUT2D eigenvalue weighted by Gasteiger charge is -2.35. The molecule has 1 amide bonds. The van der Waals surface area contributed by atoms with E-state index in [4.69, 9.17) is 14.5 Å². The maximum absolute atomic E-state index is 12.2. The van der Waals surface area contributed by atoms with Gasteiger partial charge in [0.05, 0.1) is 37.1 Å². The van der Waals surface area contributed by atoms with Gasteiger partial charge in [0.2, 0.25) is 5.91 Å². The second-order valence-corrected chi connectivity index (χ2v) is 7.66. The molecular weight excluding hydrogens is 345 g/mol. The van der Waals surface area contributed by atoms with Crippen molar-refractivity contribution >= 4 is 30.3 Å². The lowest BCUT2D eigenvalue weighted by molar-refractivity contribution is -0.147. The Bertz CT molecular complexity index is 604. The summed E-state index contributed by atoms with van der Waals surface area (Å²) < 4.78 is 11.7. The van der Waals surface area contributed by atoms with Crippen LogP contribution in [0, 0.1) is 0 Å². The normalized spacial score (nSPS) is 25.7. The van der Waals surface area contributed by atoms with Crippen LogP contribution in [0.15, 0.2) is 17.5 Å². The van der Waals surface area contributed by atoms with Gasteiger partial charge in [-0.05, 0) is 24.3 Å². The first-order chi connectivity index (χ1) is 12.0. The zero-order chi connectivity index (χ0) is 17.9. The lowest BCUT2D eigenvalue weighted by Crippen LogP contribution is -2.50. The molecule has 2 heterocycles. The van der Waals surface area contributed by atoms with Gasteiger partial charge >= 0.3 is 13.1 Å². The third kappa shape index (κ3) is 4.41. The van der Waals surface area contributed by atoms with Crippen molar-refractivity contribution < 1.29 is 29.1 Å². The number of nitrogens with one attached hydrogen (secondary N) is 1. The zero-order valence-corrected chi connectivity index (χ0v) is 14.7. The van der Waals surface area contributed by atoms with E-state index in [0.717, 1.165) is 17.7 Å². The average molecular weight is 367 g/mol. The Morgan fingerprint density at radius 3 is 2.80 bits per heavy atom. The number of aliphatic carboxylic acids is 1. The third-order valence-electron chi connectivity index (χ3n) is 4.86. The van der Waals surface area contributed by atoms with Crippen LogP contribution in [-0.4, -0.2) is 53.4 Å². The number of thiophene rings is 1. The minimum atomic E-state index is -1.29. The van der Waals surface area contributed by atoms with Crippen LogP contribution in [0.1, 0.15) is 37.0 Å². The minimum Gasteiger partial charge on any atom is -0.481 e. The molecule has 1 saturated heterocycles. The summed E-state index contributed by atoms with van der Waals surface area (Å²) in [4.78, 5) is 24.3. The molecule has 1 spiro atoms. The van der Waals surface area contributed by atoms with E-state index in [2.05, 4.69) is 5.32 Å². The molecular formula is C16H22BNO6S. The molecule has 0 radical (unpaired) electrons. The van der Waals surface area contributed by atoms with Crippen LogP contribution in [-0.2, 0) is 25.4 Å². The molecule has 2 atom stereocenters. The van der Waals surface area contributed by atoms with E-state index in [1.54, 1.807) is 0 Å². The van der Waals surface area contributed by atoms with Gasteiger partial charge in [-0.1, -0.05) is 18.9 Å². The fourth-order valence-corrected chi connectivity index (χ4v) is 4.30. The first kappa shape index (κ1) is 18.4. The smallest absolute Gasteiger partial charge is 0.480 e. The van der Waals surface area contributed by atoms with Crippen molar-refractivity contribution in [3.8, 4) is 0 Å². The van der Waals surface area contributed by atoms with Crippen LogP contribution in [0.5, 0.6) is 0 Å². The second-order valence-electron chi connectivity index (χ2n) is 6.63. The average Bonchev–Trinajstić information content (AvgIpc) is 3.20. The highest BCUT2D eigenvalue weighted by Gasteiger charge is 2.50. The Balaban J connectivity index is 1.66. The standard InChI is InChI=1S/C16H22BNO6S/c19-14(8-11-4-3-7-25-11)18-13-10-23-16(5-1-2-6-16)12(9-15(20)21)24-17(13)22/h3-4,7,12-13,22H,1-2,5-6,8-10H2,(H,18,19)(H,20,21)/t12?,13-/m0/s1. The molecule has 3 rings (SSSR count). The summed E-state index contributed by atoms with van der Waals surface area (Å²) in [5.41, 5.74) is -0.688. The minimum absolute atomic E-state index is 0.105. The van der Waals surface area contributed by atoms with Crippen molar-refractivity contribution in [2.75, 3.05) is 6.61 Å². The second kappa shape index (κ2) is 7.86. The number of amides is 1. The summed E-state index contributed by atoms with van der Waals surface area (Å²) in [5, 5.41) is 24.1. The van der Waals surface area contributed by atoms with Crippen LogP contribution >= 0.6 is 11.3 Å². The van der Waals surface area contributed by atoms with E-state index >= 15 is 0 Å². The van der Waals surface area contributed by atoms with E-state index in [0.29, 0.717) is 12.8 Å². The van der Waals surface area contributed by atoms with Crippen LogP contribution in [0.3, 0.4) is 0 Å². The van der Waals surface area contributed by atoms with Gasteiger partial charge in [0.15, 0.2) is 0 Å². The molecule has 2 aliphatic rings. The molecule has 7 nitrogen and oxygen atoms in total. The first-order valence-corrected chi connectivity index (χ1v) is 9.37. The van der Waals surface area contributed by atoms with E-state index < -0.39 is 30.7 Å². The van der Waals surface area contributed by atoms with Gasteiger partial charge in [-0.3, -0.25) is 9.59 Å². The molecule has 25 heavy (non-hydrogen) atoms. The highest BCUT2D eigenvalue weighted by molar-refractivity contribution is 7.10. The molecule has 136 valence electrons. The molecule has 1 aromatic heterocycles. The van der Waals surface area contributed by atoms with Crippen molar-refractivity contribution in [2.45, 2.75) is 56.2 Å². The number of ether oxygens (including phenoxy) is 1. The van der Waals surface area contributed by atoms with Crippen molar-refractivity contribution in [2.24, 2.45) is 0 Å². The Labute approximate surface area is 150 Å². The molecule has 1 aliphatic carbocycles. The van der Waals surface area contributed by atoms with Gasteiger partial charge < -0.3 is 24.8 Å². The SMILES string of the molecule is O=C(O)CC1OB(O)[C@@H](NC(=O)Cc2cccs2)COC12CCCC2. The molecule has 3 N–H and O–H groups in total. The Morgan fingerprint density at radius 2 is 2.16 bits per heavy atom. The van der Waals surface area contributed by atoms with Gasteiger partial charge in [-0.15, -0.1) is 11.3 Å². The number of carbonyl (C=O) groups excluding carboxylic acids is 1. The summed E-state index contributed by atoms with van der Waals surface area (Å²) in [6.07, 6.45) is 2.55. The van der Waals surface area contributed by atoms with E-state index in [9.17, 15) is 14.6 Å². The largest absolute Gasteiger partial charge is 0.481 e. The monoisotopic (exact) mass is 367 g/mol. The lowest BCUT2D eigenvalue weighted by atomic mass is 9.78. The van der Waals surface area contributed by atoms with Gasteiger partial charge in [-0.2, -0.15) is 0 Å². The predicted octanol–water partition coefficient (Wildman–Crippen LogP) is 0.998. The summed E-state index contributed by atoms with van der Waals surface area (Å²) in [6.45, 7) is 0.105. The van der Waals surface area contributed by atoms with Crippen LogP contribution in [0.25, 0.3) is 0 Å². The number of carbonyl (C=O) groups is 2. The van der Waals surface area contributed by atoms with E-state index in [1.165, 1.54) is 11.3 Å². The quantitative estimate of drug-likeness (QED) is 0.671. The topological polar surface area (TPSA) is 105 Å². The third-order valence-corrected chi connectivity index (χ3v) is 5.73. The highest BCUT2D eigenvalue weighted by Crippen LogP contribution is 2.40. The Hall–Kier alpha value is -1.42. The van der Waals surface area contributed by atoms with Crippen molar-refractivity contribution in [3.05, 3.63) is 22.4 Å². The van der Waals surface area contributed by atoms with Gasteiger partial charge in [-0.25, -0.2) is 0 Å². The van der Waals surface area contributed by atoms with Crippen LogP contribution < -0.4 is 5.32 Å². The summed E-state index contributed by atoms with van der Waals surface area (Å²) >= 11 is 1.49. The fraction of sp³-hybridized carbons (Fsp3) is 0.625. The predicted molar refractivity (Wildman–Crippen MR) is 92.2 cm³/mol. The summed E-state index contributed by atoms with van der Waals surface area (Å²) in [7, 11) is -1.29. The fourth-order valence-electron chi connectivity index (χ4n) is 3.59. The molecule has 1 unspecified atom stereocenters. The summed E-state index contributed by atoms with van der Waals surface area (Å²) in [5.74, 6) is -1.94. The van der Waals surface area contributed by atoms with Crippen LogP contribution in [0.2, 0.25) is 0 Å². The Morgan fingerprint density at radius 1 is 1.40 bits per heavy atom. The number of hydrogen-bond acceptors (Lipinski definition) is 6. The molecule has 1 aliphatic heterocycles. The molecule has 0 aromatic carbocycles. The zero-order valence-electron chi connectivity index (χ0n) is 13.8. The molecule has 0 bridgehead atoms. The van der Waals surface area contributed by atoms with E-state index in [-0.39, 0.29) is 25.4 Å². The maximum Gasteiger partial charge on any atom is 0.480 e. The van der Waals surface area contributed by atoms with Crippen LogP contribution in [0.4, 0.5) is 0 Å². The number of hydrogen-bond donors (Lipinski definition) is 3. The van der Waals surface area contributed by atoms with Gasteiger partial charge in [0, 0.05) is 4.88 Å². The number of carboxylic acid groups (broad SMARTS) is 1. The highest BCUT2D eigenvalue weighted by atomic mass is 32.1. The van der Waals surface area contributed by atoms with Gasteiger partial charge in [0.25, 0.3) is 0 Å². The first-order valence-electron chi connectivity index (χ1n) is 8.49. The summed E-state index contributed by atoms with van der Waals surface area (Å²) in [6, 6.07) is 3.75. The maximum atomic E-state index is 12.2. The molecule has 1 aromatic rings. The molecule has 1 saturated carbocycles. The number of carboxylic acids is 1. The van der Waals surface area contributed by atoms with Crippen molar-refractivity contribution in [1.29, 1.82) is 0 Å². The van der Waals surface area contributed by atoms with Crippen molar-refractivity contribution in [3.63, 3.8) is 0 Å². The van der Waals surface area contributed by atoms with Gasteiger partial charge in [0.1, 0.15) is 0 Å². The molecule has 2 fully saturated rings. The molecule has 9 heteroatoms. The van der Waals surface area contributed by atoms with E-state index in [1.807, 2.05) is 17.5 Å². The number of rotatable bonds is 5. The Kier molecular flexibility index (Phi) is 5.78. The van der Waals surface area contributed by atoms with Crippen molar-refractivity contribution in [1.82, 2.24) is 5.32 Å².